The zero-order valence-electron chi connectivity index (χ0n) is 12.7. The number of hydrogen-bond acceptors (Lipinski definition) is 1. The van der Waals surface area contributed by atoms with Gasteiger partial charge in [0.25, 0.3) is 0 Å². The standard InChI is InChI=1S/C20H20FN/c1-2-13-6-4-10-17-16-9-5-11-18(16)20(22-19(13)17)14-7-3-8-15(21)12-14/h3-10,12,16,18,20,22H,2,11H2,1H3/t16-,18-,20-/m1/s1. The zero-order chi connectivity index (χ0) is 15.1. The summed E-state index contributed by atoms with van der Waals surface area (Å²) in [5.74, 6) is 0.758. The van der Waals surface area contributed by atoms with Crippen LogP contribution in [0.1, 0.15) is 42.0 Å². The van der Waals surface area contributed by atoms with Gasteiger partial charge in [0, 0.05) is 11.6 Å². The van der Waals surface area contributed by atoms with Crippen molar-refractivity contribution in [3.05, 3.63) is 77.1 Å². The summed E-state index contributed by atoms with van der Waals surface area (Å²) in [5, 5.41) is 3.72. The maximum atomic E-state index is 13.7. The molecular weight excluding hydrogens is 273 g/mol. The molecule has 22 heavy (non-hydrogen) atoms. The predicted molar refractivity (Wildman–Crippen MR) is 88.6 cm³/mol. The molecule has 0 radical (unpaired) electrons. The first-order valence-corrected chi connectivity index (χ1v) is 8.08. The normalized spacial score (nSPS) is 25.5. The van der Waals surface area contributed by atoms with Gasteiger partial charge >= 0.3 is 0 Å². The second-order valence-electron chi connectivity index (χ2n) is 6.27. The van der Waals surface area contributed by atoms with Crippen LogP contribution < -0.4 is 5.32 Å². The van der Waals surface area contributed by atoms with Crippen LogP contribution in [0.15, 0.2) is 54.6 Å². The van der Waals surface area contributed by atoms with Crippen molar-refractivity contribution in [2.75, 3.05) is 5.32 Å². The first-order chi connectivity index (χ1) is 10.8. The van der Waals surface area contributed by atoms with Crippen molar-refractivity contribution in [2.45, 2.75) is 31.7 Å². The molecule has 1 heterocycles. The number of nitrogens with one attached hydrogen (secondary N) is 1. The SMILES string of the molecule is CCc1cccc2c1N[C@H](c1cccc(F)c1)[C@@H]1CC=C[C@H]21. The summed E-state index contributed by atoms with van der Waals surface area (Å²) >= 11 is 0. The molecule has 2 aromatic rings. The Hall–Kier alpha value is -2.09. The van der Waals surface area contributed by atoms with Crippen LogP contribution in [-0.4, -0.2) is 0 Å². The molecule has 0 unspecified atom stereocenters. The van der Waals surface area contributed by atoms with E-state index in [-0.39, 0.29) is 11.9 Å². The van der Waals surface area contributed by atoms with Gasteiger partial charge in [-0.25, -0.2) is 4.39 Å². The Morgan fingerprint density at radius 1 is 1.18 bits per heavy atom. The van der Waals surface area contributed by atoms with Gasteiger partial charge in [-0.15, -0.1) is 0 Å². The largest absolute Gasteiger partial charge is 0.377 e. The van der Waals surface area contributed by atoms with Gasteiger partial charge in [-0.3, -0.25) is 0 Å². The maximum absolute atomic E-state index is 13.7. The molecule has 0 saturated carbocycles. The van der Waals surface area contributed by atoms with Gasteiger partial charge in [0.2, 0.25) is 0 Å². The van der Waals surface area contributed by atoms with Crippen LogP contribution >= 0.6 is 0 Å². The topological polar surface area (TPSA) is 12.0 Å². The van der Waals surface area contributed by atoms with E-state index in [9.17, 15) is 4.39 Å². The van der Waals surface area contributed by atoms with Crippen LogP contribution in [0.5, 0.6) is 0 Å². The van der Waals surface area contributed by atoms with Crippen LogP contribution in [0.2, 0.25) is 0 Å². The molecule has 2 aliphatic rings. The molecule has 1 aliphatic carbocycles. The number of hydrogen-bond donors (Lipinski definition) is 1. The van der Waals surface area contributed by atoms with E-state index in [1.165, 1.54) is 22.9 Å². The number of benzene rings is 2. The number of anilines is 1. The number of fused-ring (bicyclic) bond motifs is 3. The minimum atomic E-state index is -0.156. The van der Waals surface area contributed by atoms with Crippen molar-refractivity contribution in [1.29, 1.82) is 0 Å². The smallest absolute Gasteiger partial charge is 0.123 e. The highest BCUT2D eigenvalue weighted by molar-refractivity contribution is 5.64. The van der Waals surface area contributed by atoms with Crippen LogP contribution in [0.25, 0.3) is 0 Å². The summed E-state index contributed by atoms with van der Waals surface area (Å²) < 4.78 is 13.7. The monoisotopic (exact) mass is 293 g/mol. The van der Waals surface area contributed by atoms with E-state index < -0.39 is 0 Å². The van der Waals surface area contributed by atoms with Crippen LogP contribution in [-0.2, 0) is 6.42 Å². The van der Waals surface area contributed by atoms with Crippen molar-refractivity contribution in [3.63, 3.8) is 0 Å². The molecule has 1 nitrogen and oxygen atoms in total. The molecule has 0 aromatic heterocycles. The molecule has 0 bridgehead atoms. The molecule has 0 spiro atoms. The Balaban J connectivity index is 1.83. The van der Waals surface area contributed by atoms with Crippen molar-refractivity contribution < 1.29 is 4.39 Å². The number of halogens is 1. The van der Waals surface area contributed by atoms with E-state index in [4.69, 9.17) is 0 Å². The Bertz CT molecular complexity index is 734. The van der Waals surface area contributed by atoms with Crippen molar-refractivity contribution in [1.82, 2.24) is 0 Å². The zero-order valence-corrected chi connectivity index (χ0v) is 12.7. The Labute approximate surface area is 130 Å². The molecular formula is C20H20FN. The predicted octanol–water partition coefficient (Wildman–Crippen LogP) is 5.21. The summed E-state index contributed by atoms with van der Waals surface area (Å²) in [6.45, 7) is 2.19. The highest BCUT2D eigenvalue weighted by atomic mass is 19.1. The fourth-order valence-corrected chi connectivity index (χ4v) is 4.01. The molecule has 4 rings (SSSR count). The van der Waals surface area contributed by atoms with Crippen molar-refractivity contribution in [3.8, 4) is 0 Å². The highest BCUT2D eigenvalue weighted by Crippen LogP contribution is 2.50. The highest BCUT2D eigenvalue weighted by Gasteiger charge is 2.38. The summed E-state index contributed by atoms with van der Waals surface area (Å²) in [7, 11) is 0. The van der Waals surface area contributed by atoms with Gasteiger partial charge in [0.1, 0.15) is 5.82 Å². The second-order valence-corrected chi connectivity index (χ2v) is 6.27. The van der Waals surface area contributed by atoms with Crippen molar-refractivity contribution >= 4 is 5.69 Å². The molecule has 0 saturated heterocycles. The average Bonchev–Trinajstić information content (AvgIpc) is 3.03. The Morgan fingerprint density at radius 3 is 2.86 bits per heavy atom. The number of aryl methyl sites for hydroxylation is 1. The van der Waals surface area contributed by atoms with E-state index in [0.29, 0.717) is 11.8 Å². The fourth-order valence-electron chi connectivity index (χ4n) is 4.01. The lowest BCUT2D eigenvalue weighted by atomic mass is 9.76. The Kier molecular flexibility index (Phi) is 3.25. The molecule has 1 aliphatic heterocycles. The molecule has 2 heteroatoms. The Morgan fingerprint density at radius 2 is 2.05 bits per heavy atom. The van der Waals surface area contributed by atoms with Gasteiger partial charge in [-0.1, -0.05) is 49.4 Å². The molecule has 2 aromatic carbocycles. The minimum Gasteiger partial charge on any atom is -0.377 e. The van der Waals surface area contributed by atoms with Gasteiger partial charge in [0.15, 0.2) is 0 Å². The molecule has 112 valence electrons. The molecule has 1 N–H and O–H groups in total. The third kappa shape index (κ3) is 2.06. The minimum absolute atomic E-state index is 0.156. The van der Waals surface area contributed by atoms with Crippen LogP contribution in [0.4, 0.5) is 10.1 Å². The third-order valence-corrected chi connectivity index (χ3v) is 5.07. The summed E-state index contributed by atoms with van der Waals surface area (Å²) in [5.41, 5.74) is 5.05. The van der Waals surface area contributed by atoms with Gasteiger partial charge in [-0.05, 0) is 47.6 Å². The second kappa shape index (κ2) is 5.28. The lowest BCUT2D eigenvalue weighted by Crippen LogP contribution is -2.29. The lowest BCUT2D eigenvalue weighted by Gasteiger charge is -2.38. The van der Waals surface area contributed by atoms with E-state index in [1.54, 1.807) is 6.07 Å². The molecule has 3 atom stereocenters. The number of rotatable bonds is 2. The maximum Gasteiger partial charge on any atom is 0.123 e. The average molecular weight is 293 g/mol. The fraction of sp³-hybridized carbons (Fsp3) is 0.300. The summed E-state index contributed by atoms with van der Waals surface area (Å²) in [6.07, 6.45) is 6.66. The summed E-state index contributed by atoms with van der Waals surface area (Å²) in [4.78, 5) is 0. The van der Waals surface area contributed by atoms with Gasteiger partial charge in [-0.2, -0.15) is 0 Å². The van der Waals surface area contributed by atoms with E-state index >= 15 is 0 Å². The van der Waals surface area contributed by atoms with Crippen molar-refractivity contribution in [2.24, 2.45) is 5.92 Å². The molecule has 0 fully saturated rings. The van der Waals surface area contributed by atoms with E-state index in [0.717, 1.165) is 18.4 Å². The van der Waals surface area contributed by atoms with Crippen LogP contribution in [0, 0.1) is 11.7 Å². The van der Waals surface area contributed by atoms with E-state index in [1.807, 2.05) is 12.1 Å². The lowest BCUT2D eigenvalue weighted by molar-refractivity contribution is 0.423. The number of para-hydroxylation sites is 1. The molecule has 0 amide bonds. The third-order valence-electron chi connectivity index (χ3n) is 5.07. The quantitative estimate of drug-likeness (QED) is 0.749. The van der Waals surface area contributed by atoms with Gasteiger partial charge in [0.05, 0.1) is 6.04 Å². The first-order valence-electron chi connectivity index (χ1n) is 8.08. The first kappa shape index (κ1) is 13.6. The van der Waals surface area contributed by atoms with Gasteiger partial charge < -0.3 is 5.32 Å². The van der Waals surface area contributed by atoms with Crippen LogP contribution in [0.3, 0.4) is 0 Å². The number of allylic oxidation sites excluding steroid dienone is 2. The summed E-state index contributed by atoms with van der Waals surface area (Å²) in [6, 6.07) is 13.8. The van der Waals surface area contributed by atoms with E-state index in [2.05, 4.69) is 42.6 Å².